The molecule has 162 valence electrons. The van der Waals surface area contributed by atoms with Crippen molar-refractivity contribution in [2.75, 3.05) is 13.1 Å². The lowest BCUT2D eigenvalue weighted by Gasteiger charge is -2.53. The minimum absolute atomic E-state index is 0.0829. The number of nitrogens with one attached hydrogen (secondary N) is 1. The predicted molar refractivity (Wildman–Crippen MR) is 119 cm³/mol. The van der Waals surface area contributed by atoms with Gasteiger partial charge in [0.2, 0.25) is 11.8 Å². The van der Waals surface area contributed by atoms with Gasteiger partial charge in [-0.25, -0.2) is 0 Å². The molecular formula is C25H33ClN2O2. The fourth-order valence-electron chi connectivity index (χ4n) is 6.16. The Kier molecular flexibility index (Phi) is 5.12. The van der Waals surface area contributed by atoms with Crippen LogP contribution in [-0.4, -0.2) is 35.3 Å². The van der Waals surface area contributed by atoms with Crippen molar-refractivity contribution in [1.29, 1.82) is 0 Å². The van der Waals surface area contributed by atoms with E-state index in [-0.39, 0.29) is 23.3 Å². The molecule has 1 N–H and O–H groups in total. The van der Waals surface area contributed by atoms with Gasteiger partial charge in [-0.2, -0.15) is 0 Å². The first-order valence-electron chi connectivity index (χ1n) is 11.7. The summed E-state index contributed by atoms with van der Waals surface area (Å²) in [6, 6.07) is 0. The second-order valence-electron chi connectivity index (χ2n) is 10.7. The molecule has 6 rings (SSSR count). The molecule has 2 bridgehead atoms. The van der Waals surface area contributed by atoms with Crippen LogP contribution in [0.15, 0.2) is 34.9 Å². The lowest BCUT2D eigenvalue weighted by atomic mass is 9.61. The zero-order valence-corrected chi connectivity index (χ0v) is 18.8. The van der Waals surface area contributed by atoms with E-state index in [2.05, 4.69) is 37.4 Å². The van der Waals surface area contributed by atoms with E-state index in [1.165, 1.54) is 5.57 Å². The minimum atomic E-state index is -0.255. The Morgan fingerprint density at radius 1 is 1.13 bits per heavy atom. The molecule has 4 fully saturated rings. The molecule has 0 spiro atoms. The quantitative estimate of drug-likeness (QED) is 0.720. The van der Waals surface area contributed by atoms with Crippen LogP contribution in [0.25, 0.3) is 0 Å². The van der Waals surface area contributed by atoms with E-state index >= 15 is 0 Å². The second kappa shape index (κ2) is 7.55. The number of halogens is 1. The molecule has 2 amide bonds. The fraction of sp³-hybridized carbons (Fsp3) is 0.680. The molecule has 5 heteroatoms. The van der Waals surface area contributed by atoms with Crippen molar-refractivity contribution in [3.63, 3.8) is 0 Å². The zero-order chi connectivity index (χ0) is 21.0. The van der Waals surface area contributed by atoms with E-state index in [4.69, 9.17) is 11.6 Å². The van der Waals surface area contributed by atoms with Crippen molar-refractivity contribution in [3.05, 3.63) is 34.9 Å². The van der Waals surface area contributed by atoms with E-state index in [1.807, 2.05) is 11.0 Å². The monoisotopic (exact) mass is 428 g/mol. The predicted octanol–water partition coefficient (Wildman–Crippen LogP) is 4.42. The Bertz CT molecular complexity index is 826. The summed E-state index contributed by atoms with van der Waals surface area (Å²) >= 11 is 6.43. The summed E-state index contributed by atoms with van der Waals surface area (Å²) in [5.41, 5.74) is 0.993. The number of rotatable bonds is 4. The van der Waals surface area contributed by atoms with Crippen LogP contribution in [0.4, 0.5) is 0 Å². The molecule has 4 nitrogen and oxygen atoms in total. The normalized spacial score (nSPS) is 35.4. The summed E-state index contributed by atoms with van der Waals surface area (Å²) in [5, 5.41) is 4.28. The van der Waals surface area contributed by atoms with Gasteiger partial charge in [0.1, 0.15) is 0 Å². The van der Waals surface area contributed by atoms with Crippen LogP contribution >= 0.6 is 11.6 Å². The van der Waals surface area contributed by atoms with Crippen LogP contribution in [-0.2, 0) is 9.59 Å². The molecule has 6 aliphatic rings. The summed E-state index contributed by atoms with van der Waals surface area (Å²) < 4.78 is 0. The molecule has 0 aromatic carbocycles. The van der Waals surface area contributed by atoms with Crippen molar-refractivity contribution >= 4 is 23.4 Å². The Hall–Kier alpha value is -1.55. The number of hydrogen-bond donors (Lipinski definition) is 1. The maximum atomic E-state index is 13.2. The summed E-state index contributed by atoms with van der Waals surface area (Å²) in [4.78, 5) is 27.7. The van der Waals surface area contributed by atoms with Crippen molar-refractivity contribution in [2.45, 2.75) is 57.9 Å². The maximum Gasteiger partial charge on any atom is 0.225 e. The van der Waals surface area contributed by atoms with E-state index in [0.29, 0.717) is 29.6 Å². The van der Waals surface area contributed by atoms with Gasteiger partial charge in [0.25, 0.3) is 0 Å². The number of piperidine rings is 2. The smallest absolute Gasteiger partial charge is 0.225 e. The average molecular weight is 429 g/mol. The topological polar surface area (TPSA) is 49.4 Å². The lowest BCUT2D eigenvalue weighted by molar-refractivity contribution is -0.154. The van der Waals surface area contributed by atoms with Crippen LogP contribution in [0.2, 0.25) is 0 Å². The molecule has 0 aromatic heterocycles. The number of carbonyl (C=O) groups excluding carboxylic acids is 2. The minimum Gasteiger partial charge on any atom is -0.351 e. The summed E-state index contributed by atoms with van der Waals surface area (Å²) in [7, 11) is 0. The Labute approximate surface area is 184 Å². The van der Waals surface area contributed by atoms with Crippen LogP contribution in [0.1, 0.15) is 52.4 Å². The number of nitrogens with zero attached hydrogens (tertiary/aromatic N) is 1. The molecule has 3 unspecified atom stereocenters. The molecule has 0 radical (unpaired) electrons. The first-order chi connectivity index (χ1) is 14.3. The first-order valence-corrected chi connectivity index (χ1v) is 12.1. The van der Waals surface area contributed by atoms with E-state index in [9.17, 15) is 9.59 Å². The number of allylic oxidation sites excluding steroid dienone is 6. The Balaban J connectivity index is 1.20. The molecular weight excluding hydrogens is 396 g/mol. The highest BCUT2D eigenvalue weighted by Crippen LogP contribution is 2.47. The average Bonchev–Trinajstić information content (AvgIpc) is 3.54. The molecule has 2 aliphatic heterocycles. The van der Waals surface area contributed by atoms with Crippen LogP contribution in [0.5, 0.6) is 0 Å². The lowest BCUT2D eigenvalue weighted by Crippen LogP contribution is -2.63. The molecule has 2 heterocycles. The zero-order valence-electron chi connectivity index (χ0n) is 18.1. The third kappa shape index (κ3) is 3.66. The van der Waals surface area contributed by atoms with Crippen molar-refractivity contribution in [3.8, 4) is 0 Å². The molecule has 0 aromatic rings. The van der Waals surface area contributed by atoms with Crippen molar-refractivity contribution < 1.29 is 9.59 Å². The van der Waals surface area contributed by atoms with Gasteiger partial charge in [-0.15, -0.1) is 0 Å². The van der Waals surface area contributed by atoms with Gasteiger partial charge < -0.3 is 10.2 Å². The van der Waals surface area contributed by atoms with Gasteiger partial charge in [0, 0.05) is 41.4 Å². The third-order valence-electron chi connectivity index (χ3n) is 8.25. The van der Waals surface area contributed by atoms with Crippen LogP contribution in [0.3, 0.4) is 0 Å². The first kappa shape index (κ1) is 20.4. The van der Waals surface area contributed by atoms with Gasteiger partial charge in [-0.3, -0.25) is 9.59 Å². The summed E-state index contributed by atoms with van der Waals surface area (Å²) in [6.45, 7) is 5.90. The number of carbonyl (C=O) groups is 2. The fourth-order valence-corrected chi connectivity index (χ4v) is 6.45. The molecule has 2 saturated carbocycles. The SMILES string of the molecule is CC(C)(NC(=O)C1[C@@H]2C[C@H]1CN(C(=O)C1CC1)C2)C1CC=C2C(Cl)=CC=CC2CC1. The third-order valence-corrected chi connectivity index (χ3v) is 8.59. The van der Waals surface area contributed by atoms with Gasteiger partial charge >= 0.3 is 0 Å². The molecule has 30 heavy (non-hydrogen) atoms. The number of amides is 2. The van der Waals surface area contributed by atoms with Gasteiger partial charge in [-0.05, 0) is 81.8 Å². The highest BCUT2D eigenvalue weighted by atomic mass is 35.5. The van der Waals surface area contributed by atoms with Crippen LogP contribution < -0.4 is 5.32 Å². The molecule has 4 aliphatic carbocycles. The summed E-state index contributed by atoms with van der Waals surface area (Å²) in [6.07, 6.45) is 14.9. The Morgan fingerprint density at radius 2 is 1.87 bits per heavy atom. The standard InChI is InChI=1S/C25H33ClN2O2/c1-25(2,19-9-8-15-4-3-5-21(26)20(15)11-10-19)27-23(29)22-17-12-18(22)14-28(13-17)24(30)16-6-7-16/h3-5,11,15-19,22H,6-10,12-14H2,1-2H3,(H,27,29)/t15?,17-,18+,19?,22?. The van der Waals surface area contributed by atoms with Crippen LogP contribution in [0, 0.1) is 35.5 Å². The molecule has 2 saturated heterocycles. The number of hydrogen-bond acceptors (Lipinski definition) is 2. The second-order valence-corrected chi connectivity index (χ2v) is 11.1. The summed E-state index contributed by atoms with van der Waals surface area (Å²) in [5.74, 6) is 2.38. The highest BCUT2D eigenvalue weighted by molar-refractivity contribution is 6.32. The maximum absolute atomic E-state index is 13.2. The number of fused-ring (bicyclic) bond motifs is 3. The molecule has 5 atom stereocenters. The van der Waals surface area contributed by atoms with Gasteiger partial charge in [-0.1, -0.05) is 29.8 Å². The van der Waals surface area contributed by atoms with E-state index < -0.39 is 0 Å². The van der Waals surface area contributed by atoms with Gasteiger partial charge in [0.05, 0.1) is 0 Å². The van der Waals surface area contributed by atoms with E-state index in [1.54, 1.807) is 0 Å². The highest BCUT2D eigenvalue weighted by Gasteiger charge is 2.53. The van der Waals surface area contributed by atoms with Gasteiger partial charge in [0.15, 0.2) is 0 Å². The Morgan fingerprint density at radius 3 is 2.57 bits per heavy atom. The van der Waals surface area contributed by atoms with E-state index in [0.717, 1.165) is 56.6 Å². The largest absolute Gasteiger partial charge is 0.351 e. The van der Waals surface area contributed by atoms with Crippen molar-refractivity contribution in [2.24, 2.45) is 35.5 Å². The van der Waals surface area contributed by atoms with Crippen molar-refractivity contribution in [1.82, 2.24) is 10.2 Å².